The fourth-order valence-corrected chi connectivity index (χ4v) is 1.50. The molecule has 1 aromatic heterocycles. The van der Waals surface area contributed by atoms with Crippen LogP contribution in [0.2, 0.25) is 0 Å². The number of nitrogens with one attached hydrogen (secondary N) is 1. The molecule has 5 heteroatoms. The summed E-state index contributed by atoms with van der Waals surface area (Å²) in [5.74, 6) is 0. The van der Waals surface area contributed by atoms with E-state index in [1.165, 1.54) is 0 Å². The topological polar surface area (TPSA) is 39.6 Å². The highest BCUT2D eigenvalue weighted by atomic mass is 19.4. The van der Waals surface area contributed by atoms with Gasteiger partial charge in [-0.25, -0.2) is 0 Å². The van der Waals surface area contributed by atoms with Crippen molar-refractivity contribution in [3.8, 4) is 6.07 Å². The van der Waals surface area contributed by atoms with Gasteiger partial charge in [0.25, 0.3) is 0 Å². The van der Waals surface area contributed by atoms with Crippen LogP contribution in [0, 0.1) is 11.3 Å². The van der Waals surface area contributed by atoms with Gasteiger partial charge in [0.1, 0.15) is 11.8 Å². The number of aromatic amines is 1. The Morgan fingerprint density at radius 2 is 2.06 bits per heavy atom. The molecule has 0 atom stereocenters. The molecule has 2 nitrogen and oxygen atoms in total. The minimum absolute atomic E-state index is 0.100. The van der Waals surface area contributed by atoms with E-state index >= 15 is 0 Å². The summed E-state index contributed by atoms with van der Waals surface area (Å²) in [6.07, 6.45) is -1.18. The fraction of sp³-hybridized carbons (Fsp3) is 0.545. The maximum absolute atomic E-state index is 12.4. The predicted molar refractivity (Wildman–Crippen MR) is 53.7 cm³/mol. The van der Waals surface area contributed by atoms with Gasteiger partial charge in [0.05, 0.1) is 5.56 Å². The van der Waals surface area contributed by atoms with Gasteiger partial charge in [-0.3, -0.25) is 0 Å². The molecule has 88 valence electrons. The largest absolute Gasteiger partial charge is 0.431 e. The number of H-pyrrole nitrogens is 1. The first kappa shape index (κ1) is 12.6. The molecule has 0 amide bonds. The Morgan fingerprint density at radius 1 is 1.38 bits per heavy atom. The average Bonchev–Trinajstić information content (AvgIpc) is 2.61. The molecular formula is C11H13F3N2. The second kappa shape index (κ2) is 5.06. The van der Waals surface area contributed by atoms with Gasteiger partial charge in [0, 0.05) is 5.69 Å². The van der Waals surface area contributed by atoms with E-state index in [-0.39, 0.29) is 5.56 Å². The summed E-state index contributed by atoms with van der Waals surface area (Å²) in [7, 11) is 0. The van der Waals surface area contributed by atoms with Crippen molar-refractivity contribution in [1.82, 2.24) is 4.98 Å². The maximum atomic E-state index is 12.4. The van der Waals surface area contributed by atoms with E-state index in [2.05, 4.69) is 4.98 Å². The lowest BCUT2D eigenvalue weighted by atomic mass is 10.1. The molecule has 0 radical (unpaired) electrons. The average molecular weight is 230 g/mol. The fourth-order valence-electron chi connectivity index (χ4n) is 1.50. The van der Waals surface area contributed by atoms with Crippen LogP contribution in [0.25, 0.3) is 0 Å². The van der Waals surface area contributed by atoms with E-state index in [1.807, 2.05) is 6.92 Å². The number of alkyl halides is 3. The number of hydrogen-bond donors (Lipinski definition) is 1. The molecule has 0 saturated heterocycles. The Morgan fingerprint density at radius 3 is 2.56 bits per heavy atom. The summed E-state index contributed by atoms with van der Waals surface area (Å²) in [6, 6.07) is 2.66. The summed E-state index contributed by atoms with van der Waals surface area (Å²) in [5.41, 5.74) is -0.345. The minimum atomic E-state index is -4.41. The Bertz CT molecular complexity index is 385. The quantitative estimate of drug-likeness (QED) is 0.788. The molecule has 1 heterocycles. The van der Waals surface area contributed by atoms with Gasteiger partial charge in [-0.15, -0.1) is 0 Å². The summed E-state index contributed by atoms with van der Waals surface area (Å²) < 4.78 is 37.1. The number of nitriles is 1. The van der Waals surface area contributed by atoms with Crippen LogP contribution in [0.15, 0.2) is 6.07 Å². The monoisotopic (exact) mass is 230 g/mol. The third-order valence-electron chi connectivity index (χ3n) is 2.36. The number of nitrogens with zero attached hydrogens (tertiary/aromatic N) is 1. The molecule has 0 aliphatic heterocycles. The minimum Gasteiger partial charge on any atom is -0.354 e. The standard InChI is InChI=1S/C11H13F3N2/c1-2-3-4-5-9-8(7-15)6-10(16-9)11(12,13)14/h6,16H,2-5H2,1H3. The number of hydrogen-bond acceptors (Lipinski definition) is 1. The normalized spacial score (nSPS) is 11.4. The molecule has 0 spiro atoms. The van der Waals surface area contributed by atoms with Gasteiger partial charge in [0.15, 0.2) is 0 Å². The molecular weight excluding hydrogens is 217 g/mol. The summed E-state index contributed by atoms with van der Waals surface area (Å²) in [4.78, 5) is 2.28. The molecule has 1 aromatic rings. The first-order chi connectivity index (χ1) is 7.49. The lowest BCUT2D eigenvalue weighted by Gasteiger charge is -2.02. The Kier molecular flexibility index (Phi) is 3.99. The lowest BCUT2D eigenvalue weighted by molar-refractivity contribution is -0.140. The Balaban J connectivity index is 2.84. The van der Waals surface area contributed by atoms with Crippen LogP contribution in [0.1, 0.15) is 43.1 Å². The van der Waals surface area contributed by atoms with E-state index in [1.54, 1.807) is 6.07 Å². The second-order valence-electron chi connectivity index (χ2n) is 3.64. The van der Waals surface area contributed by atoms with Crippen LogP contribution < -0.4 is 0 Å². The van der Waals surface area contributed by atoms with Crippen LogP contribution in [-0.4, -0.2) is 4.98 Å². The van der Waals surface area contributed by atoms with Crippen molar-refractivity contribution in [3.63, 3.8) is 0 Å². The van der Waals surface area contributed by atoms with Crippen LogP contribution in [0.3, 0.4) is 0 Å². The van der Waals surface area contributed by atoms with Crippen molar-refractivity contribution in [2.75, 3.05) is 0 Å². The molecule has 1 rings (SSSR count). The molecule has 0 aromatic carbocycles. The van der Waals surface area contributed by atoms with Gasteiger partial charge < -0.3 is 4.98 Å². The van der Waals surface area contributed by atoms with Crippen molar-refractivity contribution in [2.45, 2.75) is 38.8 Å². The van der Waals surface area contributed by atoms with E-state index in [0.717, 1.165) is 25.3 Å². The molecule has 0 saturated carbocycles. The highest BCUT2D eigenvalue weighted by molar-refractivity contribution is 5.37. The molecule has 0 bridgehead atoms. The van der Waals surface area contributed by atoms with Crippen molar-refractivity contribution >= 4 is 0 Å². The molecule has 0 fully saturated rings. The van der Waals surface area contributed by atoms with Crippen molar-refractivity contribution in [2.24, 2.45) is 0 Å². The van der Waals surface area contributed by atoms with E-state index in [9.17, 15) is 13.2 Å². The highest BCUT2D eigenvalue weighted by Gasteiger charge is 2.33. The lowest BCUT2D eigenvalue weighted by Crippen LogP contribution is -2.05. The third-order valence-corrected chi connectivity index (χ3v) is 2.36. The van der Waals surface area contributed by atoms with Crippen molar-refractivity contribution in [1.29, 1.82) is 5.26 Å². The molecule has 0 unspecified atom stereocenters. The number of unbranched alkanes of at least 4 members (excludes halogenated alkanes) is 2. The van der Waals surface area contributed by atoms with Crippen LogP contribution in [0.4, 0.5) is 13.2 Å². The molecule has 16 heavy (non-hydrogen) atoms. The number of aromatic nitrogens is 1. The van der Waals surface area contributed by atoms with Crippen molar-refractivity contribution in [3.05, 3.63) is 23.0 Å². The third kappa shape index (κ3) is 3.02. The van der Waals surface area contributed by atoms with Crippen molar-refractivity contribution < 1.29 is 13.2 Å². The maximum Gasteiger partial charge on any atom is 0.431 e. The van der Waals surface area contributed by atoms with Gasteiger partial charge in [-0.2, -0.15) is 18.4 Å². The number of rotatable bonds is 4. The summed E-state index contributed by atoms with van der Waals surface area (Å²) in [5, 5.41) is 8.72. The van der Waals surface area contributed by atoms with Gasteiger partial charge in [0.2, 0.25) is 0 Å². The first-order valence-corrected chi connectivity index (χ1v) is 5.18. The summed E-state index contributed by atoms with van der Waals surface area (Å²) in [6.45, 7) is 2.01. The SMILES string of the molecule is CCCCCc1[nH]c(C(F)(F)F)cc1C#N. The van der Waals surface area contributed by atoms with Crippen LogP contribution in [-0.2, 0) is 12.6 Å². The first-order valence-electron chi connectivity index (χ1n) is 5.18. The zero-order valence-electron chi connectivity index (χ0n) is 8.99. The van der Waals surface area contributed by atoms with E-state index in [4.69, 9.17) is 5.26 Å². The predicted octanol–water partition coefficient (Wildman–Crippen LogP) is 3.64. The smallest absolute Gasteiger partial charge is 0.354 e. The van der Waals surface area contributed by atoms with Gasteiger partial charge in [-0.1, -0.05) is 19.8 Å². The van der Waals surface area contributed by atoms with Gasteiger partial charge in [-0.05, 0) is 18.9 Å². The second-order valence-corrected chi connectivity index (χ2v) is 3.64. The Hall–Kier alpha value is -1.44. The number of aryl methyl sites for hydroxylation is 1. The zero-order valence-corrected chi connectivity index (χ0v) is 8.99. The molecule has 0 aliphatic rings. The zero-order chi connectivity index (χ0) is 12.2. The molecule has 0 aliphatic carbocycles. The molecule has 1 N–H and O–H groups in total. The van der Waals surface area contributed by atoms with Gasteiger partial charge >= 0.3 is 6.18 Å². The number of halogens is 3. The van der Waals surface area contributed by atoms with E-state index in [0.29, 0.717) is 12.1 Å². The highest BCUT2D eigenvalue weighted by Crippen LogP contribution is 2.30. The Labute approximate surface area is 92.1 Å². The van der Waals surface area contributed by atoms with Crippen LogP contribution >= 0.6 is 0 Å². The van der Waals surface area contributed by atoms with E-state index < -0.39 is 11.9 Å². The summed E-state index contributed by atoms with van der Waals surface area (Å²) >= 11 is 0. The van der Waals surface area contributed by atoms with Crippen LogP contribution in [0.5, 0.6) is 0 Å².